The van der Waals surface area contributed by atoms with Crippen LogP contribution in [0.25, 0.3) is 22.3 Å². The second-order valence-electron chi connectivity index (χ2n) is 10.6. The fourth-order valence-corrected chi connectivity index (χ4v) is 7.22. The molecule has 0 aliphatic carbocycles. The van der Waals surface area contributed by atoms with E-state index in [1.54, 1.807) is 0 Å². The van der Waals surface area contributed by atoms with Crippen LogP contribution in [0.3, 0.4) is 0 Å². The van der Waals surface area contributed by atoms with Crippen LogP contribution in [0.15, 0.2) is 22.2 Å². The molecule has 4 aromatic rings. The minimum atomic E-state index is -5.23. The molecule has 0 spiro atoms. The van der Waals surface area contributed by atoms with Crippen LogP contribution >= 0.6 is 15.4 Å². The minimum Gasteiger partial charge on any atom is -0.369 e. The van der Waals surface area contributed by atoms with E-state index in [9.17, 15) is 28.5 Å². The van der Waals surface area contributed by atoms with Crippen molar-refractivity contribution in [2.24, 2.45) is 0 Å². The Bertz CT molecular complexity index is 2070. The third-order valence-electron chi connectivity index (χ3n) is 7.51. The maximum atomic E-state index is 16.0. The number of rotatable bonds is 2. The maximum absolute atomic E-state index is 16.0. The lowest BCUT2D eigenvalue weighted by atomic mass is 10.1. The summed E-state index contributed by atoms with van der Waals surface area (Å²) >= 11 is 0. The molecule has 3 saturated heterocycles. The van der Waals surface area contributed by atoms with Crippen molar-refractivity contribution in [2.75, 3.05) is 31.0 Å². The van der Waals surface area contributed by atoms with Gasteiger partial charge in [0.15, 0.2) is 47.1 Å². The summed E-state index contributed by atoms with van der Waals surface area (Å²) in [5.41, 5.74) is 8.92. The molecule has 5 unspecified atom stereocenters. The van der Waals surface area contributed by atoms with Crippen LogP contribution in [0.2, 0.25) is 0 Å². The van der Waals surface area contributed by atoms with E-state index in [0.29, 0.717) is 0 Å². The van der Waals surface area contributed by atoms with E-state index in [2.05, 4.69) is 29.9 Å². The molecule has 254 valence electrons. The molecule has 0 amide bonds. The lowest BCUT2D eigenvalue weighted by Gasteiger charge is -2.23. The zero-order chi connectivity index (χ0) is 33.4. The largest absolute Gasteiger partial charge is 0.472 e. The third kappa shape index (κ3) is 5.75. The zero-order valence-electron chi connectivity index (χ0n) is 23.4. The Morgan fingerprint density at radius 1 is 0.830 bits per heavy atom. The zero-order valence-corrected chi connectivity index (χ0v) is 25.1. The molecule has 7 rings (SSSR count). The van der Waals surface area contributed by atoms with E-state index in [1.807, 2.05) is 0 Å². The van der Waals surface area contributed by atoms with Gasteiger partial charge in [-0.05, 0) is 0 Å². The van der Waals surface area contributed by atoms with Gasteiger partial charge in [0.2, 0.25) is 11.9 Å². The molecule has 4 aromatic heterocycles. The van der Waals surface area contributed by atoms with E-state index in [4.69, 9.17) is 39.2 Å². The number of halogens is 2. The molecule has 47 heavy (non-hydrogen) atoms. The summed E-state index contributed by atoms with van der Waals surface area (Å²) in [7, 11) is -9.99. The first kappa shape index (κ1) is 31.9. The Hall–Kier alpha value is -3.70. The number of anilines is 2. The van der Waals surface area contributed by atoms with E-state index in [0.717, 1.165) is 21.8 Å². The summed E-state index contributed by atoms with van der Waals surface area (Å²) in [4.78, 5) is 65.6. The molecule has 0 aromatic carbocycles. The summed E-state index contributed by atoms with van der Waals surface area (Å²) in [6.07, 6.45) is -13.7. The number of nitrogens with zero attached hydrogens (tertiary/aromatic N) is 6. The second kappa shape index (κ2) is 11.5. The van der Waals surface area contributed by atoms with Crippen LogP contribution in [-0.4, -0.2) is 105 Å². The summed E-state index contributed by atoms with van der Waals surface area (Å²) in [6, 6.07) is 0. The molecule has 7 heterocycles. The summed E-state index contributed by atoms with van der Waals surface area (Å²) < 4.78 is 91.8. The minimum absolute atomic E-state index is 0.176. The number of phosphoric acid groups is 1. The highest BCUT2D eigenvalue weighted by Gasteiger charge is 2.53. The summed E-state index contributed by atoms with van der Waals surface area (Å²) in [6.45, 7) is -1.80. The highest BCUT2D eigenvalue weighted by Crippen LogP contribution is 2.52. The summed E-state index contributed by atoms with van der Waals surface area (Å²) in [5, 5.41) is 0. The van der Waals surface area contributed by atoms with Crippen LogP contribution < -0.4 is 22.6 Å². The van der Waals surface area contributed by atoms with Gasteiger partial charge in [-0.1, -0.05) is 0 Å². The standard InChI is InChI=1S/C21H24F2N10O12P2/c22-8-12-6(43-18(8)32-3-26-10-14(32)28-20(24)30-16(10)34)2-42-47(38,39)45-13-7(1-41-46(36,37)5-40-12)44-19(9(13)23)33-4-27-11-15(33)29-21(25)31-17(11)35/h3-4,6-9,12-13,18-19H,1-2,5H2,(H,36,37)(H,38,39)(H3,24,28,30,34)(H3,25,29,31,35)/t6-,7-,8?,9+,12?,13?,18-,19-/m1/s1. The molecule has 3 aliphatic rings. The molecule has 26 heteroatoms. The van der Waals surface area contributed by atoms with Gasteiger partial charge in [-0.2, -0.15) is 9.97 Å². The number of aromatic nitrogens is 8. The van der Waals surface area contributed by atoms with Crippen molar-refractivity contribution in [3.63, 3.8) is 0 Å². The number of nitrogens with two attached hydrogens (primary N) is 2. The van der Waals surface area contributed by atoms with Gasteiger partial charge in [0.25, 0.3) is 11.1 Å². The average molecular weight is 708 g/mol. The van der Waals surface area contributed by atoms with E-state index >= 15 is 8.78 Å². The second-order valence-corrected chi connectivity index (χ2v) is 13.8. The lowest BCUT2D eigenvalue weighted by Crippen LogP contribution is -2.35. The molecule has 10 atom stereocenters. The lowest BCUT2D eigenvalue weighted by molar-refractivity contribution is -0.0580. The first-order chi connectivity index (χ1) is 22.2. The number of nitrogens with one attached hydrogen (secondary N) is 2. The van der Waals surface area contributed by atoms with Gasteiger partial charge in [-0.3, -0.25) is 42.3 Å². The van der Waals surface area contributed by atoms with Crippen LogP contribution in [0.1, 0.15) is 12.5 Å². The number of hydrogen-bond donors (Lipinski definition) is 6. The molecule has 8 N–H and O–H groups in total. The molecule has 22 nitrogen and oxygen atoms in total. The van der Waals surface area contributed by atoms with Gasteiger partial charge in [0.1, 0.15) is 30.8 Å². The first-order valence-electron chi connectivity index (χ1n) is 13.5. The number of nitrogen functional groups attached to an aromatic ring is 2. The number of phosphoric ester groups is 1. The molecule has 3 fully saturated rings. The van der Waals surface area contributed by atoms with Gasteiger partial charge in [-0.25, -0.2) is 23.3 Å². The number of imidazole rings is 2. The SMILES string of the molecule is Nc1nc2c(ncn2[C@@H]2O[C@@H]3COP(=O)(O)OC4[C@@H](COP(=O)(O)COC3C2F)O[C@@H](n2cnc3c(=O)[nH]c(N)nc32)[C@H]4F)c(=O)[nH]1. The summed E-state index contributed by atoms with van der Waals surface area (Å²) in [5.74, 6) is -0.635. The molecule has 0 bridgehead atoms. The van der Waals surface area contributed by atoms with Crippen molar-refractivity contribution in [3.05, 3.63) is 33.4 Å². The number of fused-ring (bicyclic) bond motifs is 4. The van der Waals surface area contributed by atoms with Crippen molar-refractivity contribution >= 4 is 49.6 Å². The molecule has 0 saturated carbocycles. The highest BCUT2D eigenvalue weighted by atomic mass is 31.2. The Morgan fingerprint density at radius 3 is 1.87 bits per heavy atom. The number of alkyl halides is 2. The van der Waals surface area contributed by atoms with Crippen LogP contribution in [0, 0.1) is 0 Å². The van der Waals surface area contributed by atoms with E-state index < -0.39 is 95.3 Å². The number of hydrogen-bond acceptors (Lipinski definition) is 16. The van der Waals surface area contributed by atoms with Crippen molar-refractivity contribution in [3.8, 4) is 0 Å². The van der Waals surface area contributed by atoms with Gasteiger partial charge in [0.05, 0.1) is 25.9 Å². The quantitative estimate of drug-likeness (QED) is 0.135. The Labute approximate surface area is 258 Å². The Kier molecular flexibility index (Phi) is 7.78. The van der Waals surface area contributed by atoms with Gasteiger partial charge >= 0.3 is 15.4 Å². The topological polar surface area (TPSA) is 309 Å². The molecular weight excluding hydrogens is 684 g/mol. The van der Waals surface area contributed by atoms with Crippen molar-refractivity contribution in [2.45, 2.75) is 49.2 Å². The smallest absolute Gasteiger partial charge is 0.369 e. The van der Waals surface area contributed by atoms with Gasteiger partial charge < -0.3 is 40.0 Å². The number of aromatic amines is 2. The number of ether oxygens (including phenoxy) is 3. The normalized spacial score (nSPS) is 36.9. The van der Waals surface area contributed by atoms with Crippen molar-refractivity contribution < 1.29 is 55.5 Å². The average Bonchev–Trinajstić information content (AvgIpc) is 3.74. The highest BCUT2D eigenvalue weighted by molar-refractivity contribution is 7.52. The van der Waals surface area contributed by atoms with Crippen molar-refractivity contribution in [1.29, 1.82) is 0 Å². The number of H-pyrrole nitrogens is 2. The van der Waals surface area contributed by atoms with Crippen molar-refractivity contribution in [1.82, 2.24) is 39.0 Å². The monoisotopic (exact) mass is 708 g/mol. The fraction of sp³-hybridized carbons (Fsp3) is 0.524. The Morgan fingerprint density at radius 2 is 1.32 bits per heavy atom. The van der Waals surface area contributed by atoms with Gasteiger partial charge in [-0.15, -0.1) is 0 Å². The predicted molar refractivity (Wildman–Crippen MR) is 149 cm³/mol. The maximum Gasteiger partial charge on any atom is 0.472 e. The molecular formula is C21H24F2N10O12P2. The Balaban J connectivity index is 1.17. The van der Waals surface area contributed by atoms with Crippen LogP contribution in [0.5, 0.6) is 0 Å². The van der Waals surface area contributed by atoms with Crippen LogP contribution in [-0.2, 0) is 36.9 Å². The van der Waals surface area contributed by atoms with E-state index in [1.165, 1.54) is 0 Å². The third-order valence-corrected chi connectivity index (χ3v) is 9.52. The van der Waals surface area contributed by atoms with Gasteiger partial charge in [0, 0.05) is 0 Å². The fourth-order valence-electron chi connectivity index (χ4n) is 5.45. The van der Waals surface area contributed by atoms with Crippen LogP contribution in [0.4, 0.5) is 20.7 Å². The molecule has 0 radical (unpaired) electrons. The molecule has 3 aliphatic heterocycles. The van der Waals surface area contributed by atoms with E-state index in [-0.39, 0.29) is 34.2 Å². The predicted octanol–water partition coefficient (Wildman–Crippen LogP) is -1.05. The first-order valence-corrected chi connectivity index (χ1v) is 16.7.